The molecule has 1 saturated heterocycles. The number of alkyl halides is 2. The zero-order chi connectivity index (χ0) is 24.3. The molecule has 3 amide bonds. The fraction of sp³-hybridized carbons (Fsp3) is 0.333. The Morgan fingerprint density at radius 3 is 2.06 bits per heavy atom. The molecule has 2 aromatic rings. The highest BCUT2D eigenvalue weighted by atomic mass is 79.9. The third-order valence-corrected chi connectivity index (χ3v) is 11.1. The number of carbonyl (C=O) groups excluding carboxylic acids is 4. The lowest BCUT2D eigenvalue weighted by Crippen LogP contribution is -2.52. The van der Waals surface area contributed by atoms with Crippen LogP contribution in [0.3, 0.4) is 0 Å². The average Bonchev–Trinajstić information content (AvgIpc) is 3.43. The van der Waals surface area contributed by atoms with E-state index in [1.165, 1.54) is 6.07 Å². The fourth-order valence-corrected chi connectivity index (χ4v) is 7.80. The number of fused-ring (bicyclic) bond motifs is 5. The Balaban J connectivity index is 1.52. The molecule has 0 aromatic heterocycles. The summed E-state index contributed by atoms with van der Waals surface area (Å²) in [5.41, 5.74) is 0.478. The van der Waals surface area contributed by atoms with E-state index >= 15 is 0 Å². The number of imide groups is 1. The molecule has 2 bridgehead atoms. The minimum Gasteiger partial charge on any atom is -0.292 e. The number of amides is 3. The van der Waals surface area contributed by atoms with Crippen molar-refractivity contribution in [1.29, 1.82) is 0 Å². The number of ketones is 1. The van der Waals surface area contributed by atoms with Crippen LogP contribution in [0.5, 0.6) is 0 Å². The first-order chi connectivity index (χ1) is 16.2. The van der Waals surface area contributed by atoms with E-state index in [9.17, 15) is 19.2 Å². The second-order valence-electron chi connectivity index (χ2n) is 8.76. The summed E-state index contributed by atoms with van der Waals surface area (Å²) in [5.74, 6) is -2.99. The molecule has 5 rings (SSSR count). The predicted octanol–water partition coefficient (Wildman–Crippen LogP) is 5.12. The normalized spacial score (nSPS) is 29.5. The van der Waals surface area contributed by atoms with Crippen LogP contribution in [0.4, 0.5) is 0 Å². The maximum atomic E-state index is 13.6. The summed E-state index contributed by atoms with van der Waals surface area (Å²) in [7, 11) is 0. The van der Waals surface area contributed by atoms with Crippen molar-refractivity contribution in [3.05, 3.63) is 69.2 Å². The molecule has 6 nitrogen and oxygen atoms in total. The van der Waals surface area contributed by atoms with Gasteiger partial charge in [0.15, 0.2) is 5.78 Å². The van der Waals surface area contributed by atoms with Gasteiger partial charge in [-0.05, 0) is 42.5 Å². The van der Waals surface area contributed by atoms with Gasteiger partial charge in [-0.1, -0.05) is 83.7 Å². The van der Waals surface area contributed by atoms with Gasteiger partial charge in [0.05, 0.1) is 22.4 Å². The van der Waals surface area contributed by atoms with Crippen molar-refractivity contribution in [2.24, 2.45) is 23.7 Å². The molecule has 0 unspecified atom stereocenters. The van der Waals surface area contributed by atoms with Gasteiger partial charge in [-0.3, -0.25) is 19.2 Å². The third-order valence-electron chi connectivity index (χ3n) is 7.00. The quantitative estimate of drug-likeness (QED) is 0.251. The highest BCUT2D eigenvalue weighted by molar-refractivity contribution is 9.12. The minimum atomic E-state index is -0.670. The number of nitrogens with zero attached hydrogens (tertiary/aromatic N) is 2. The average molecular weight is 674 g/mol. The third kappa shape index (κ3) is 3.79. The molecule has 34 heavy (non-hydrogen) atoms. The molecule has 2 aliphatic carbocycles. The van der Waals surface area contributed by atoms with Crippen molar-refractivity contribution in [3.8, 4) is 0 Å². The lowest BCUT2D eigenvalue weighted by Gasteiger charge is -2.31. The Hall–Kier alpha value is -1.55. The van der Waals surface area contributed by atoms with Gasteiger partial charge < -0.3 is 0 Å². The number of halogens is 4. The molecule has 10 heteroatoms. The number of hydrogen-bond acceptors (Lipinski definition) is 4. The van der Waals surface area contributed by atoms with E-state index in [1.807, 2.05) is 0 Å². The number of benzene rings is 2. The molecule has 3 fully saturated rings. The first-order valence-electron chi connectivity index (χ1n) is 10.7. The molecule has 2 aromatic carbocycles. The molecule has 3 aliphatic rings. The zero-order valence-corrected chi connectivity index (χ0v) is 23.1. The molecule has 1 heterocycles. The lowest BCUT2D eigenvalue weighted by atomic mass is 9.81. The van der Waals surface area contributed by atoms with Gasteiger partial charge in [0.1, 0.15) is 6.54 Å². The van der Waals surface area contributed by atoms with Crippen LogP contribution in [-0.4, -0.2) is 49.7 Å². The van der Waals surface area contributed by atoms with Gasteiger partial charge in [0, 0.05) is 19.7 Å². The van der Waals surface area contributed by atoms with Crippen LogP contribution < -0.4 is 0 Å². The summed E-state index contributed by atoms with van der Waals surface area (Å²) in [6, 6.07) is 13.1. The van der Waals surface area contributed by atoms with Crippen LogP contribution >= 0.6 is 59.4 Å². The largest absolute Gasteiger partial charge is 0.292 e. The maximum absolute atomic E-state index is 13.6. The molecule has 6 atom stereocenters. The standard InChI is InChI=1S/C24H18Br3ClN2O4/c25-12-7-5-11(6-8-12)17(31)10-29(22(32)13-3-1-2-4-16(13)28)30-23(33)18-14-9-15(19(18)24(30)34)21(27)20(14)26/h1-8,14-15,18-21H,9-10H2/t14-,15-,18-,19-,20+,21+/m1/s1. The molecule has 176 valence electrons. The van der Waals surface area contributed by atoms with Gasteiger partial charge in [-0.25, -0.2) is 5.01 Å². The summed E-state index contributed by atoms with van der Waals surface area (Å²) in [6.07, 6.45) is 0.767. The van der Waals surface area contributed by atoms with Gasteiger partial charge in [0.2, 0.25) is 0 Å². The molecular formula is C24H18Br3ClN2O4. The van der Waals surface area contributed by atoms with E-state index in [1.54, 1.807) is 42.5 Å². The molecule has 0 N–H and O–H groups in total. The van der Waals surface area contributed by atoms with Crippen molar-refractivity contribution in [2.75, 3.05) is 6.54 Å². The smallest absolute Gasteiger partial charge is 0.274 e. The Morgan fingerprint density at radius 1 is 0.941 bits per heavy atom. The number of Topliss-reactive ketones (excluding diaryl/α,β-unsaturated/α-hetero) is 1. The molecular weight excluding hydrogens is 655 g/mol. The summed E-state index contributed by atoms with van der Waals surface area (Å²) >= 11 is 16.9. The van der Waals surface area contributed by atoms with E-state index < -0.39 is 41.9 Å². The Kier molecular flexibility index (Phi) is 6.50. The summed E-state index contributed by atoms with van der Waals surface area (Å²) in [6.45, 7) is -0.465. The minimum absolute atomic E-state index is 0.0136. The van der Waals surface area contributed by atoms with Crippen LogP contribution in [0.1, 0.15) is 27.1 Å². The zero-order valence-electron chi connectivity index (χ0n) is 17.5. The molecule has 1 aliphatic heterocycles. The Morgan fingerprint density at radius 2 is 1.50 bits per heavy atom. The van der Waals surface area contributed by atoms with Crippen LogP contribution in [0, 0.1) is 23.7 Å². The number of carbonyl (C=O) groups is 4. The summed E-state index contributed by atoms with van der Waals surface area (Å²) in [4.78, 5) is 54.1. The number of hydrogen-bond donors (Lipinski definition) is 0. The molecule has 0 radical (unpaired) electrons. The topological polar surface area (TPSA) is 74.8 Å². The summed E-state index contributed by atoms with van der Waals surface area (Å²) in [5, 5.41) is 2.05. The van der Waals surface area contributed by atoms with E-state index in [4.69, 9.17) is 11.6 Å². The maximum Gasteiger partial charge on any atom is 0.274 e. The van der Waals surface area contributed by atoms with Crippen molar-refractivity contribution in [1.82, 2.24) is 10.0 Å². The van der Waals surface area contributed by atoms with Gasteiger partial charge in [0.25, 0.3) is 17.7 Å². The van der Waals surface area contributed by atoms with Crippen molar-refractivity contribution in [2.45, 2.75) is 16.1 Å². The van der Waals surface area contributed by atoms with Gasteiger partial charge in [-0.2, -0.15) is 5.01 Å². The fourth-order valence-electron chi connectivity index (χ4n) is 5.44. The van der Waals surface area contributed by atoms with Gasteiger partial charge >= 0.3 is 0 Å². The molecule has 0 spiro atoms. The van der Waals surface area contributed by atoms with Crippen LogP contribution in [0.2, 0.25) is 5.02 Å². The Bertz CT molecular complexity index is 1170. The predicted molar refractivity (Wildman–Crippen MR) is 137 cm³/mol. The van der Waals surface area contributed by atoms with E-state index in [0.717, 1.165) is 20.9 Å². The Labute approximate surface area is 226 Å². The lowest BCUT2D eigenvalue weighted by molar-refractivity contribution is -0.154. The van der Waals surface area contributed by atoms with E-state index in [0.29, 0.717) is 5.56 Å². The SMILES string of the molecule is O=C(CN(C(=O)c1ccccc1Cl)N1C(=O)[C@@H]2[C@H]3C[C@@H]([C@H](Br)[C@H]3Br)[C@H]2C1=O)c1ccc(Br)cc1. The van der Waals surface area contributed by atoms with Crippen molar-refractivity contribution < 1.29 is 19.2 Å². The van der Waals surface area contributed by atoms with E-state index in [-0.39, 0.29) is 32.1 Å². The highest BCUT2D eigenvalue weighted by Gasteiger charge is 2.67. The number of hydrazine groups is 1. The first kappa shape index (κ1) is 24.2. The number of rotatable bonds is 5. The van der Waals surface area contributed by atoms with Crippen molar-refractivity contribution in [3.63, 3.8) is 0 Å². The second-order valence-corrected chi connectivity index (χ2v) is 12.2. The summed E-state index contributed by atoms with van der Waals surface area (Å²) < 4.78 is 0.801. The monoisotopic (exact) mass is 670 g/mol. The van der Waals surface area contributed by atoms with Crippen LogP contribution in [0.15, 0.2) is 53.0 Å². The highest BCUT2D eigenvalue weighted by Crippen LogP contribution is 2.60. The molecule has 2 saturated carbocycles. The first-order valence-corrected chi connectivity index (χ1v) is 13.7. The van der Waals surface area contributed by atoms with Gasteiger partial charge in [-0.15, -0.1) is 0 Å². The second kappa shape index (κ2) is 9.15. The van der Waals surface area contributed by atoms with Crippen LogP contribution in [-0.2, 0) is 9.59 Å². The van der Waals surface area contributed by atoms with Crippen LogP contribution in [0.25, 0.3) is 0 Å². The van der Waals surface area contributed by atoms with Crippen molar-refractivity contribution >= 4 is 82.9 Å². The van der Waals surface area contributed by atoms with E-state index in [2.05, 4.69) is 47.8 Å².